The lowest BCUT2D eigenvalue weighted by molar-refractivity contribution is 0.0793. The Morgan fingerprint density at radius 2 is 2.46 bits per heavy atom. The van der Waals surface area contributed by atoms with Gasteiger partial charge in [-0.3, -0.25) is 0 Å². The lowest BCUT2D eigenvalue weighted by Crippen LogP contribution is -2.31. The number of likely N-dealkylation sites (N-methyl/N-ethyl adjacent to an activating group) is 1. The Labute approximate surface area is 80.3 Å². The molecule has 1 rings (SSSR count). The SMILES string of the molecule is CC(C#N)CN(C)CC1CCCO1. The van der Waals surface area contributed by atoms with Gasteiger partial charge in [0.2, 0.25) is 0 Å². The summed E-state index contributed by atoms with van der Waals surface area (Å²) in [7, 11) is 2.05. The van der Waals surface area contributed by atoms with E-state index in [4.69, 9.17) is 10.00 Å². The Bertz CT molecular complexity index is 182. The highest BCUT2D eigenvalue weighted by molar-refractivity contribution is 4.81. The Morgan fingerprint density at radius 1 is 1.69 bits per heavy atom. The third kappa shape index (κ3) is 3.75. The average Bonchev–Trinajstić information content (AvgIpc) is 2.56. The molecule has 0 N–H and O–H groups in total. The number of hydrogen-bond acceptors (Lipinski definition) is 3. The van der Waals surface area contributed by atoms with Gasteiger partial charge in [0.1, 0.15) is 0 Å². The first-order valence-corrected chi connectivity index (χ1v) is 4.92. The van der Waals surface area contributed by atoms with Gasteiger partial charge < -0.3 is 9.64 Å². The molecular weight excluding hydrogens is 164 g/mol. The van der Waals surface area contributed by atoms with Crippen LogP contribution in [0.4, 0.5) is 0 Å². The fourth-order valence-electron chi connectivity index (χ4n) is 1.72. The van der Waals surface area contributed by atoms with Crippen LogP contribution in [0.5, 0.6) is 0 Å². The van der Waals surface area contributed by atoms with Gasteiger partial charge in [0, 0.05) is 19.7 Å². The van der Waals surface area contributed by atoms with Crippen molar-refractivity contribution in [2.75, 3.05) is 26.7 Å². The molecule has 3 nitrogen and oxygen atoms in total. The highest BCUT2D eigenvalue weighted by atomic mass is 16.5. The third-order valence-electron chi connectivity index (χ3n) is 2.35. The number of hydrogen-bond donors (Lipinski definition) is 0. The van der Waals surface area contributed by atoms with Crippen molar-refractivity contribution in [3.05, 3.63) is 0 Å². The first kappa shape index (κ1) is 10.5. The Hall–Kier alpha value is -0.590. The standard InChI is InChI=1S/C10H18N2O/c1-9(6-11)7-12(2)8-10-4-3-5-13-10/h9-10H,3-5,7-8H2,1-2H3. The zero-order valence-corrected chi connectivity index (χ0v) is 8.49. The van der Waals surface area contributed by atoms with Gasteiger partial charge in [0.05, 0.1) is 18.1 Å². The van der Waals surface area contributed by atoms with Crippen LogP contribution in [0.3, 0.4) is 0 Å². The first-order valence-electron chi connectivity index (χ1n) is 4.92. The lowest BCUT2D eigenvalue weighted by Gasteiger charge is -2.21. The van der Waals surface area contributed by atoms with Crippen LogP contribution in [0.25, 0.3) is 0 Å². The molecule has 2 unspecified atom stereocenters. The highest BCUT2D eigenvalue weighted by Gasteiger charge is 2.17. The van der Waals surface area contributed by atoms with E-state index in [1.54, 1.807) is 0 Å². The molecule has 0 radical (unpaired) electrons. The Kier molecular flexibility index (Phi) is 4.20. The monoisotopic (exact) mass is 182 g/mol. The number of nitriles is 1. The fourth-order valence-corrected chi connectivity index (χ4v) is 1.72. The van der Waals surface area contributed by atoms with Gasteiger partial charge in [-0.15, -0.1) is 0 Å². The Morgan fingerprint density at radius 3 is 3.00 bits per heavy atom. The van der Waals surface area contributed by atoms with Crippen molar-refractivity contribution in [1.82, 2.24) is 4.90 Å². The molecule has 0 aromatic rings. The van der Waals surface area contributed by atoms with Crippen LogP contribution < -0.4 is 0 Å². The van der Waals surface area contributed by atoms with Crippen LogP contribution in [-0.4, -0.2) is 37.7 Å². The summed E-state index contributed by atoms with van der Waals surface area (Å²) in [4.78, 5) is 2.18. The number of nitrogens with zero attached hydrogens (tertiary/aromatic N) is 2. The average molecular weight is 182 g/mol. The van der Waals surface area contributed by atoms with E-state index in [1.807, 2.05) is 6.92 Å². The molecule has 74 valence electrons. The van der Waals surface area contributed by atoms with Crippen molar-refractivity contribution in [1.29, 1.82) is 5.26 Å². The molecule has 0 saturated carbocycles. The van der Waals surface area contributed by atoms with E-state index in [0.29, 0.717) is 6.10 Å². The molecule has 1 saturated heterocycles. The van der Waals surface area contributed by atoms with Gasteiger partial charge in [-0.2, -0.15) is 5.26 Å². The van der Waals surface area contributed by atoms with E-state index in [1.165, 1.54) is 12.8 Å². The summed E-state index contributed by atoms with van der Waals surface area (Å²) < 4.78 is 5.51. The number of rotatable bonds is 4. The summed E-state index contributed by atoms with van der Waals surface area (Å²) in [6, 6.07) is 2.24. The minimum absolute atomic E-state index is 0.117. The molecule has 1 heterocycles. The summed E-state index contributed by atoms with van der Waals surface area (Å²) >= 11 is 0. The second-order valence-corrected chi connectivity index (χ2v) is 3.89. The van der Waals surface area contributed by atoms with E-state index >= 15 is 0 Å². The van der Waals surface area contributed by atoms with Gasteiger partial charge in [-0.05, 0) is 26.8 Å². The van der Waals surface area contributed by atoms with Gasteiger partial charge >= 0.3 is 0 Å². The molecule has 0 aromatic heterocycles. The topological polar surface area (TPSA) is 36.3 Å². The second-order valence-electron chi connectivity index (χ2n) is 3.89. The molecular formula is C10H18N2O. The molecule has 0 amide bonds. The Balaban J connectivity index is 2.16. The van der Waals surface area contributed by atoms with Crippen molar-refractivity contribution in [2.45, 2.75) is 25.9 Å². The van der Waals surface area contributed by atoms with Crippen molar-refractivity contribution < 1.29 is 4.74 Å². The summed E-state index contributed by atoms with van der Waals surface area (Å²) in [6.07, 6.45) is 2.76. The predicted octanol–water partition coefficient (Wildman–Crippen LogP) is 1.26. The van der Waals surface area contributed by atoms with Gasteiger partial charge in [0.25, 0.3) is 0 Å². The second kappa shape index (κ2) is 5.21. The molecule has 0 bridgehead atoms. The summed E-state index contributed by atoms with van der Waals surface area (Å²) in [6.45, 7) is 4.67. The van der Waals surface area contributed by atoms with Crippen LogP contribution in [0.15, 0.2) is 0 Å². The smallest absolute Gasteiger partial charge is 0.0702 e. The summed E-state index contributed by atoms with van der Waals surface area (Å²) in [5.41, 5.74) is 0. The van der Waals surface area contributed by atoms with E-state index in [0.717, 1.165) is 19.7 Å². The maximum atomic E-state index is 8.64. The zero-order chi connectivity index (χ0) is 9.68. The molecule has 1 aliphatic heterocycles. The van der Waals surface area contributed by atoms with Crippen molar-refractivity contribution >= 4 is 0 Å². The van der Waals surface area contributed by atoms with Gasteiger partial charge in [-0.25, -0.2) is 0 Å². The fraction of sp³-hybridized carbons (Fsp3) is 0.900. The third-order valence-corrected chi connectivity index (χ3v) is 2.35. The first-order chi connectivity index (χ1) is 6.22. The minimum atomic E-state index is 0.117. The molecule has 2 atom stereocenters. The van der Waals surface area contributed by atoms with Crippen LogP contribution in [0.2, 0.25) is 0 Å². The van der Waals surface area contributed by atoms with Crippen molar-refractivity contribution in [3.63, 3.8) is 0 Å². The van der Waals surface area contributed by atoms with E-state index in [9.17, 15) is 0 Å². The van der Waals surface area contributed by atoms with E-state index in [2.05, 4.69) is 18.0 Å². The highest BCUT2D eigenvalue weighted by Crippen LogP contribution is 2.13. The van der Waals surface area contributed by atoms with Gasteiger partial charge in [0.15, 0.2) is 0 Å². The summed E-state index contributed by atoms with van der Waals surface area (Å²) in [5.74, 6) is 0.117. The molecule has 1 fully saturated rings. The maximum absolute atomic E-state index is 8.64. The molecule has 13 heavy (non-hydrogen) atoms. The molecule has 0 aromatic carbocycles. The number of ether oxygens (including phenoxy) is 1. The maximum Gasteiger partial charge on any atom is 0.0702 e. The van der Waals surface area contributed by atoms with E-state index in [-0.39, 0.29) is 5.92 Å². The van der Waals surface area contributed by atoms with Crippen LogP contribution in [0.1, 0.15) is 19.8 Å². The lowest BCUT2D eigenvalue weighted by atomic mass is 10.2. The largest absolute Gasteiger partial charge is 0.377 e. The normalized spacial score (nSPS) is 24.6. The van der Waals surface area contributed by atoms with E-state index < -0.39 is 0 Å². The molecule has 0 aliphatic carbocycles. The van der Waals surface area contributed by atoms with Gasteiger partial charge in [-0.1, -0.05) is 0 Å². The summed E-state index contributed by atoms with van der Waals surface area (Å²) in [5, 5.41) is 8.64. The minimum Gasteiger partial charge on any atom is -0.377 e. The van der Waals surface area contributed by atoms with Crippen molar-refractivity contribution in [2.24, 2.45) is 5.92 Å². The van der Waals surface area contributed by atoms with Crippen LogP contribution in [-0.2, 0) is 4.74 Å². The molecule has 0 spiro atoms. The predicted molar refractivity (Wildman–Crippen MR) is 51.2 cm³/mol. The van der Waals surface area contributed by atoms with Crippen LogP contribution >= 0.6 is 0 Å². The molecule has 1 aliphatic rings. The zero-order valence-electron chi connectivity index (χ0n) is 8.49. The quantitative estimate of drug-likeness (QED) is 0.656. The molecule has 3 heteroatoms. The van der Waals surface area contributed by atoms with Crippen molar-refractivity contribution in [3.8, 4) is 6.07 Å². The van der Waals surface area contributed by atoms with Crippen LogP contribution in [0, 0.1) is 17.2 Å².